The summed E-state index contributed by atoms with van der Waals surface area (Å²) in [5.41, 5.74) is 0.928. The van der Waals surface area contributed by atoms with Gasteiger partial charge < -0.3 is 10.0 Å². The minimum absolute atomic E-state index is 0.0931. The monoisotopic (exact) mass is 320 g/mol. The number of hydrogen-bond donors (Lipinski definition) is 1. The van der Waals surface area contributed by atoms with E-state index in [2.05, 4.69) is 14.9 Å². The van der Waals surface area contributed by atoms with Gasteiger partial charge in [-0.25, -0.2) is 9.97 Å². The van der Waals surface area contributed by atoms with Crippen molar-refractivity contribution < 1.29 is 14.7 Å². The zero-order chi connectivity index (χ0) is 16.8. The van der Waals surface area contributed by atoms with Gasteiger partial charge in [0.2, 0.25) is 5.91 Å². The van der Waals surface area contributed by atoms with Gasteiger partial charge in [0.05, 0.1) is 11.6 Å². The van der Waals surface area contributed by atoms with Crippen molar-refractivity contribution in [2.45, 2.75) is 32.2 Å². The number of carboxylic acid groups (broad SMARTS) is 1. The molecular formula is C16H24N4O3. The van der Waals surface area contributed by atoms with Gasteiger partial charge in [0.25, 0.3) is 0 Å². The van der Waals surface area contributed by atoms with Gasteiger partial charge in [-0.3, -0.25) is 14.5 Å². The molecular weight excluding hydrogens is 296 g/mol. The van der Waals surface area contributed by atoms with E-state index < -0.39 is 5.97 Å². The van der Waals surface area contributed by atoms with Crippen LogP contribution in [0.4, 0.5) is 0 Å². The highest BCUT2D eigenvalue weighted by molar-refractivity contribution is 5.77. The van der Waals surface area contributed by atoms with Gasteiger partial charge in [-0.1, -0.05) is 0 Å². The topological polar surface area (TPSA) is 86.6 Å². The van der Waals surface area contributed by atoms with Crippen molar-refractivity contribution in [3.63, 3.8) is 0 Å². The predicted octanol–water partition coefficient (Wildman–Crippen LogP) is 1.18. The van der Waals surface area contributed by atoms with Gasteiger partial charge in [-0.2, -0.15) is 0 Å². The number of carbonyl (C=O) groups excluding carboxylic acids is 1. The van der Waals surface area contributed by atoms with Crippen LogP contribution < -0.4 is 0 Å². The highest BCUT2D eigenvalue weighted by atomic mass is 16.4. The van der Waals surface area contributed by atoms with Gasteiger partial charge in [0.1, 0.15) is 6.33 Å². The van der Waals surface area contributed by atoms with Crippen molar-refractivity contribution in [2.24, 2.45) is 5.92 Å². The molecule has 1 N–H and O–H groups in total. The van der Waals surface area contributed by atoms with Crippen LogP contribution in [0.5, 0.6) is 0 Å². The first-order chi connectivity index (χ1) is 11.0. The van der Waals surface area contributed by atoms with Crippen molar-refractivity contribution in [1.29, 1.82) is 0 Å². The lowest BCUT2D eigenvalue weighted by Gasteiger charge is -2.31. The summed E-state index contributed by atoms with van der Waals surface area (Å²) >= 11 is 0. The standard InChI is InChI=1S/C16H24N4O3/c1-12(14-3-7-17-11-18-14)19(2)8-6-15(21)20-9-4-13(5-10-20)16(22)23/h3,7,11-13H,4-6,8-10H2,1-2H3,(H,22,23). The Kier molecular flexibility index (Phi) is 6.04. The number of nitrogens with zero attached hydrogens (tertiary/aromatic N) is 4. The number of piperidine rings is 1. The normalized spacial score (nSPS) is 17.3. The second kappa shape index (κ2) is 8.01. The first kappa shape index (κ1) is 17.3. The number of amides is 1. The molecule has 1 aromatic rings. The molecule has 1 aromatic heterocycles. The zero-order valence-corrected chi connectivity index (χ0v) is 13.7. The molecule has 1 saturated heterocycles. The fourth-order valence-electron chi connectivity index (χ4n) is 2.77. The summed E-state index contributed by atoms with van der Waals surface area (Å²) in [7, 11) is 1.97. The second-order valence-corrected chi connectivity index (χ2v) is 6.03. The zero-order valence-electron chi connectivity index (χ0n) is 13.7. The molecule has 0 spiro atoms. The lowest BCUT2D eigenvalue weighted by Crippen LogP contribution is -2.41. The molecule has 1 unspecified atom stereocenters. The highest BCUT2D eigenvalue weighted by Crippen LogP contribution is 2.19. The molecule has 2 rings (SSSR count). The van der Waals surface area contributed by atoms with Gasteiger partial charge >= 0.3 is 5.97 Å². The fraction of sp³-hybridized carbons (Fsp3) is 0.625. The summed E-state index contributed by atoms with van der Waals surface area (Å²) < 4.78 is 0. The van der Waals surface area contributed by atoms with Crippen molar-refractivity contribution in [2.75, 3.05) is 26.7 Å². The molecule has 1 amide bonds. The quantitative estimate of drug-likeness (QED) is 0.847. The molecule has 2 heterocycles. The molecule has 23 heavy (non-hydrogen) atoms. The molecule has 0 radical (unpaired) electrons. The Morgan fingerprint density at radius 1 is 1.43 bits per heavy atom. The Labute approximate surface area is 136 Å². The van der Waals surface area contributed by atoms with Crippen LogP contribution in [0.1, 0.15) is 37.9 Å². The van der Waals surface area contributed by atoms with E-state index in [9.17, 15) is 9.59 Å². The summed E-state index contributed by atoms with van der Waals surface area (Å²) in [5.74, 6) is -0.967. The molecule has 126 valence electrons. The average molecular weight is 320 g/mol. The van der Waals surface area contributed by atoms with E-state index in [1.165, 1.54) is 6.33 Å². The van der Waals surface area contributed by atoms with Crippen molar-refractivity contribution in [3.05, 3.63) is 24.3 Å². The molecule has 0 aliphatic carbocycles. The van der Waals surface area contributed by atoms with E-state index in [0.29, 0.717) is 38.9 Å². The molecule has 1 fully saturated rings. The molecule has 7 heteroatoms. The third-order valence-electron chi connectivity index (χ3n) is 4.57. The van der Waals surface area contributed by atoms with Gasteiger partial charge in [-0.05, 0) is 32.9 Å². The lowest BCUT2D eigenvalue weighted by molar-refractivity contribution is -0.145. The van der Waals surface area contributed by atoms with Gasteiger partial charge in [0.15, 0.2) is 0 Å². The summed E-state index contributed by atoms with van der Waals surface area (Å²) in [6.07, 6.45) is 4.77. The molecule has 0 saturated carbocycles. The lowest BCUT2D eigenvalue weighted by atomic mass is 9.97. The van der Waals surface area contributed by atoms with E-state index in [4.69, 9.17) is 5.11 Å². The maximum atomic E-state index is 12.3. The summed E-state index contributed by atoms with van der Waals surface area (Å²) in [6.45, 7) is 3.77. The Balaban J connectivity index is 1.77. The molecule has 0 bridgehead atoms. The Morgan fingerprint density at radius 3 is 2.70 bits per heavy atom. The number of aliphatic carboxylic acids is 1. The SMILES string of the molecule is CC(c1ccncn1)N(C)CCC(=O)N1CCC(C(=O)O)CC1. The molecule has 1 aliphatic rings. The summed E-state index contributed by atoms with van der Waals surface area (Å²) in [4.78, 5) is 35.2. The van der Waals surface area contributed by atoms with E-state index in [1.54, 1.807) is 11.1 Å². The largest absolute Gasteiger partial charge is 0.481 e. The van der Waals surface area contributed by atoms with Crippen LogP contribution in [0.3, 0.4) is 0 Å². The van der Waals surface area contributed by atoms with Crippen molar-refractivity contribution >= 4 is 11.9 Å². The number of carbonyl (C=O) groups is 2. The molecule has 7 nitrogen and oxygen atoms in total. The Morgan fingerprint density at radius 2 is 2.13 bits per heavy atom. The molecule has 1 atom stereocenters. The molecule has 0 aromatic carbocycles. The second-order valence-electron chi connectivity index (χ2n) is 6.03. The first-order valence-electron chi connectivity index (χ1n) is 7.95. The summed E-state index contributed by atoms with van der Waals surface area (Å²) in [6, 6.07) is 1.99. The van der Waals surface area contributed by atoms with Crippen LogP contribution in [-0.4, -0.2) is 63.4 Å². The van der Waals surface area contributed by atoms with Crippen molar-refractivity contribution in [3.8, 4) is 0 Å². The van der Waals surface area contributed by atoms with Crippen LogP contribution in [0.25, 0.3) is 0 Å². The number of rotatable bonds is 6. The predicted molar refractivity (Wildman–Crippen MR) is 84.6 cm³/mol. The van der Waals surface area contributed by atoms with Gasteiger partial charge in [-0.15, -0.1) is 0 Å². The Bertz CT molecular complexity index is 529. The van der Waals surface area contributed by atoms with Crippen LogP contribution in [0, 0.1) is 5.92 Å². The minimum atomic E-state index is -0.754. The third-order valence-corrected chi connectivity index (χ3v) is 4.57. The van der Waals surface area contributed by atoms with Crippen molar-refractivity contribution in [1.82, 2.24) is 19.8 Å². The molecule has 1 aliphatic heterocycles. The van der Waals surface area contributed by atoms with E-state index in [-0.39, 0.29) is 17.9 Å². The van der Waals surface area contributed by atoms with Crippen LogP contribution >= 0.6 is 0 Å². The maximum absolute atomic E-state index is 12.3. The smallest absolute Gasteiger partial charge is 0.306 e. The Hall–Kier alpha value is -2.02. The van der Waals surface area contributed by atoms with Crippen LogP contribution in [0.15, 0.2) is 18.6 Å². The highest BCUT2D eigenvalue weighted by Gasteiger charge is 2.27. The number of likely N-dealkylation sites (tertiary alicyclic amines) is 1. The van der Waals surface area contributed by atoms with E-state index in [0.717, 1.165) is 5.69 Å². The minimum Gasteiger partial charge on any atom is -0.481 e. The van der Waals surface area contributed by atoms with E-state index in [1.807, 2.05) is 20.0 Å². The van der Waals surface area contributed by atoms with Crippen LogP contribution in [-0.2, 0) is 9.59 Å². The third kappa shape index (κ3) is 4.72. The van der Waals surface area contributed by atoms with E-state index >= 15 is 0 Å². The van der Waals surface area contributed by atoms with Gasteiger partial charge in [0, 0.05) is 38.3 Å². The summed E-state index contributed by atoms with van der Waals surface area (Å²) in [5, 5.41) is 8.99. The number of hydrogen-bond acceptors (Lipinski definition) is 5. The number of aromatic nitrogens is 2. The average Bonchev–Trinajstić information content (AvgIpc) is 2.59. The fourth-order valence-corrected chi connectivity index (χ4v) is 2.77. The first-order valence-corrected chi connectivity index (χ1v) is 7.95. The van der Waals surface area contributed by atoms with Crippen LogP contribution in [0.2, 0.25) is 0 Å². The number of carboxylic acids is 1. The maximum Gasteiger partial charge on any atom is 0.306 e.